The van der Waals surface area contributed by atoms with E-state index in [1.165, 1.54) is 18.3 Å². The van der Waals surface area contributed by atoms with Gasteiger partial charge in [-0.2, -0.15) is 0 Å². The molecule has 0 bridgehead atoms. The van der Waals surface area contributed by atoms with Gasteiger partial charge < -0.3 is 10.4 Å². The Hall–Kier alpha value is -2.69. The minimum absolute atomic E-state index is 0.0861. The molecular weight excluding hydrogens is 304 g/mol. The zero-order valence-corrected chi connectivity index (χ0v) is 14.3. The SMILES string of the molecule is CC(C)c1cccc(C(C)C)c1NC(=O)c1ccc(C(=O)O)nc1. The molecule has 0 fully saturated rings. The lowest BCUT2D eigenvalue weighted by Crippen LogP contribution is -2.16. The van der Waals surface area contributed by atoms with Crippen molar-refractivity contribution in [2.24, 2.45) is 0 Å². The van der Waals surface area contributed by atoms with E-state index < -0.39 is 5.97 Å². The van der Waals surface area contributed by atoms with Crippen LogP contribution in [0.1, 0.15) is 71.5 Å². The summed E-state index contributed by atoms with van der Waals surface area (Å²) in [5, 5.41) is 11.9. The average molecular weight is 326 g/mol. The van der Waals surface area contributed by atoms with Crippen molar-refractivity contribution in [3.05, 3.63) is 58.9 Å². The van der Waals surface area contributed by atoms with Crippen molar-refractivity contribution in [1.82, 2.24) is 4.98 Å². The molecule has 1 aromatic carbocycles. The minimum Gasteiger partial charge on any atom is -0.477 e. The summed E-state index contributed by atoms with van der Waals surface area (Å²) in [6.07, 6.45) is 1.28. The first-order valence-electron chi connectivity index (χ1n) is 7.94. The Morgan fingerprint density at radius 1 is 1.00 bits per heavy atom. The van der Waals surface area contributed by atoms with Gasteiger partial charge in [-0.05, 0) is 35.1 Å². The number of benzene rings is 1. The summed E-state index contributed by atoms with van der Waals surface area (Å²) >= 11 is 0. The van der Waals surface area contributed by atoms with Crippen molar-refractivity contribution in [2.45, 2.75) is 39.5 Å². The molecule has 5 nitrogen and oxygen atoms in total. The van der Waals surface area contributed by atoms with Gasteiger partial charge in [-0.3, -0.25) is 4.79 Å². The monoisotopic (exact) mass is 326 g/mol. The highest BCUT2D eigenvalue weighted by molar-refractivity contribution is 6.05. The van der Waals surface area contributed by atoms with E-state index in [1.807, 2.05) is 18.2 Å². The van der Waals surface area contributed by atoms with Crippen LogP contribution in [0.15, 0.2) is 36.5 Å². The van der Waals surface area contributed by atoms with E-state index in [-0.39, 0.29) is 23.4 Å². The maximum absolute atomic E-state index is 12.5. The van der Waals surface area contributed by atoms with E-state index >= 15 is 0 Å². The standard InChI is InChI=1S/C19H22N2O3/c1-11(2)14-6-5-7-15(12(3)4)17(14)21-18(22)13-8-9-16(19(23)24)20-10-13/h5-12H,1-4H3,(H,21,22)(H,23,24). The molecule has 0 atom stereocenters. The van der Waals surface area contributed by atoms with Gasteiger partial charge in [0.15, 0.2) is 0 Å². The third-order valence-corrected chi connectivity index (χ3v) is 3.86. The van der Waals surface area contributed by atoms with Gasteiger partial charge in [0.1, 0.15) is 5.69 Å². The number of hydrogen-bond donors (Lipinski definition) is 2. The fourth-order valence-electron chi connectivity index (χ4n) is 2.54. The molecule has 2 N–H and O–H groups in total. The Morgan fingerprint density at radius 3 is 2.00 bits per heavy atom. The summed E-state index contributed by atoms with van der Waals surface area (Å²) in [6, 6.07) is 8.83. The Labute approximate surface area is 141 Å². The van der Waals surface area contributed by atoms with Crippen LogP contribution in [0.25, 0.3) is 0 Å². The molecule has 0 spiro atoms. The molecule has 2 rings (SSSR count). The molecule has 1 heterocycles. The topological polar surface area (TPSA) is 79.3 Å². The van der Waals surface area contributed by atoms with E-state index in [0.29, 0.717) is 5.56 Å². The van der Waals surface area contributed by atoms with Crippen molar-refractivity contribution in [1.29, 1.82) is 0 Å². The number of rotatable bonds is 5. The van der Waals surface area contributed by atoms with Gasteiger partial charge in [-0.1, -0.05) is 45.9 Å². The number of aromatic nitrogens is 1. The number of carbonyl (C=O) groups is 2. The largest absolute Gasteiger partial charge is 0.477 e. The second-order valence-corrected chi connectivity index (χ2v) is 6.31. The minimum atomic E-state index is -1.12. The number of anilines is 1. The van der Waals surface area contributed by atoms with Crippen LogP contribution in [0, 0.1) is 0 Å². The van der Waals surface area contributed by atoms with Gasteiger partial charge in [0.05, 0.1) is 5.56 Å². The summed E-state index contributed by atoms with van der Waals surface area (Å²) < 4.78 is 0. The molecule has 0 aliphatic carbocycles. The van der Waals surface area contributed by atoms with Crippen molar-refractivity contribution in [3.63, 3.8) is 0 Å². The maximum Gasteiger partial charge on any atom is 0.354 e. The molecule has 0 saturated carbocycles. The lowest BCUT2D eigenvalue weighted by atomic mass is 9.92. The van der Waals surface area contributed by atoms with E-state index in [2.05, 4.69) is 38.0 Å². The third-order valence-electron chi connectivity index (χ3n) is 3.86. The molecule has 1 amide bonds. The first-order chi connectivity index (χ1) is 11.3. The van der Waals surface area contributed by atoms with E-state index in [4.69, 9.17) is 5.11 Å². The second kappa shape index (κ2) is 7.25. The van der Waals surface area contributed by atoms with Crippen molar-refractivity contribution >= 4 is 17.6 Å². The number of carbonyl (C=O) groups excluding carboxylic acids is 1. The van der Waals surface area contributed by atoms with Crippen molar-refractivity contribution in [2.75, 3.05) is 5.32 Å². The summed E-state index contributed by atoms with van der Waals surface area (Å²) in [5.41, 5.74) is 3.22. The van der Waals surface area contributed by atoms with Crippen LogP contribution in [0.2, 0.25) is 0 Å². The van der Waals surface area contributed by atoms with Gasteiger partial charge in [0.25, 0.3) is 5.91 Å². The normalized spacial score (nSPS) is 10.9. The molecule has 0 radical (unpaired) electrons. The molecule has 5 heteroatoms. The molecule has 126 valence electrons. The fourth-order valence-corrected chi connectivity index (χ4v) is 2.54. The van der Waals surface area contributed by atoms with Crippen molar-refractivity contribution < 1.29 is 14.7 Å². The van der Waals surface area contributed by atoms with Crippen molar-refractivity contribution in [3.8, 4) is 0 Å². The zero-order valence-electron chi connectivity index (χ0n) is 14.3. The molecule has 0 aliphatic heterocycles. The average Bonchev–Trinajstić information content (AvgIpc) is 2.54. The van der Waals surface area contributed by atoms with Gasteiger partial charge in [0.2, 0.25) is 0 Å². The van der Waals surface area contributed by atoms with Gasteiger partial charge in [0, 0.05) is 11.9 Å². The molecule has 1 aromatic heterocycles. The van der Waals surface area contributed by atoms with Gasteiger partial charge in [-0.15, -0.1) is 0 Å². The van der Waals surface area contributed by atoms with E-state index in [0.717, 1.165) is 16.8 Å². The van der Waals surface area contributed by atoms with Gasteiger partial charge >= 0.3 is 5.97 Å². The Bertz CT molecular complexity index is 723. The van der Waals surface area contributed by atoms with Crippen LogP contribution in [0.3, 0.4) is 0 Å². The summed E-state index contributed by atoms with van der Waals surface area (Å²) in [7, 11) is 0. The highest BCUT2D eigenvalue weighted by atomic mass is 16.4. The number of pyridine rings is 1. The van der Waals surface area contributed by atoms with Crippen LogP contribution in [-0.2, 0) is 0 Å². The molecule has 0 aliphatic rings. The molecule has 24 heavy (non-hydrogen) atoms. The number of hydrogen-bond acceptors (Lipinski definition) is 3. The Balaban J connectivity index is 2.35. The highest BCUT2D eigenvalue weighted by Gasteiger charge is 2.17. The predicted octanol–water partition coefficient (Wildman–Crippen LogP) is 4.28. The third kappa shape index (κ3) is 3.79. The highest BCUT2D eigenvalue weighted by Crippen LogP contribution is 2.32. The summed E-state index contributed by atoms with van der Waals surface area (Å²) in [6.45, 7) is 8.33. The van der Waals surface area contributed by atoms with Crippen LogP contribution >= 0.6 is 0 Å². The second-order valence-electron chi connectivity index (χ2n) is 6.31. The van der Waals surface area contributed by atoms with Crippen LogP contribution in [0.5, 0.6) is 0 Å². The lowest BCUT2D eigenvalue weighted by molar-refractivity contribution is 0.0690. The Morgan fingerprint density at radius 2 is 1.58 bits per heavy atom. The Kier molecular flexibility index (Phi) is 5.34. The number of nitrogens with zero attached hydrogens (tertiary/aromatic N) is 1. The molecule has 0 unspecified atom stereocenters. The first-order valence-corrected chi connectivity index (χ1v) is 7.94. The summed E-state index contributed by atoms with van der Waals surface area (Å²) in [5.74, 6) is -0.873. The number of aromatic carboxylic acids is 1. The fraction of sp³-hybridized carbons (Fsp3) is 0.316. The predicted molar refractivity (Wildman–Crippen MR) is 93.8 cm³/mol. The number of nitrogens with one attached hydrogen (secondary N) is 1. The molecular formula is C19H22N2O3. The number of carboxylic acids is 1. The van der Waals surface area contributed by atoms with Gasteiger partial charge in [-0.25, -0.2) is 9.78 Å². The molecule has 2 aromatic rings. The maximum atomic E-state index is 12.5. The quantitative estimate of drug-likeness (QED) is 0.859. The number of carboxylic acid groups (broad SMARTS) is 1. The lowest BCUT2D eigenvalue weighted by Gasteiger charge is -2.20. The van der Waals surface area contributed by atoms with E-state index in [9.17, 15) is 9.59 Å². The van der Waals surface area contributed by atoms with Crippen LogP contribution < -0.4 is 5.32 Å². The number of amides is 1. The van der Waals surface area contributed by atoms with Crippen LogP contribution in [0.4, 0.5) is 5.69 Å². The summed E-state index contributed by atoms with van der Waals surface area (Å²) in [4.78, 5) is 27.2. The van der Waals surface area contributed by atoms with Crippen LogP contribution in [-0.4, -0.2) is 22.0 Å². The zero-order chi connectivity index (χ0) is 17.9. The first kappa shape index (κ1) is 17.7. The molecule has 0 saturated heterocycles. The van der Waals surface area contributed by atoms with E-state index in [1.54, 1.807) is 0 Å². The smallest absolute Gasteiger partial charge is 0.354 e. The number of para-hydroxylation sites is 1.